The van der Waals surface area contributed by atoms with Crippen molar-refractivity contribution >= 4 is 5.97 Å². The van der Waals surface area contributed by atoms with Crippen molar-refractivity contribution in [1.82, 2.24) is 0 Å². The molecule has 9 heavy (non-hydrogen) atoms. The first kappa shape index (κ1) is 7.19. The quantitative estimate of drug-likeness (QED) is 0.393. The largest absolute Gasteiger partial charge is 0.477 e. The molecule has 0 radical (unpaired) electrons. The third-order valence-electron chi connectivity index (χ3n) is 0.560. The van der Waals surface area contributed by atoms with E-state index in [0.29, 0.717) is 6.08 Å². The van der Waals surface area contributed by atoms with E-state index in [9.17, 15) is 4.79 Å². The van der Waals surface area contributed by atoms with Crippen LogP contribution in [0.4, 0.5) is 0 Å². The Balaban J connectivity index is 4.45. The summed E-state index contributed by atoms with van der Waals surface area (Å²) < 4.78 is 0. The molecular formula is C5H2N2O2. The first-order chi connectivity index (χ1) is 4.22. The number of allylic oxidation sites excluding steroid dienone is 1. The minimum absolute atomic E-state index is 0.544. The normalized spacial score (nSPS) is 9.33. The summed E-state index contributed by atoms with van der Waals surface area (Å²) in [7, 11) is 0. The van der Waals surface area contributed by atoms with E-state index < -0.39 is 11.5 Å². The van der Waals surface area contributed by atoms with Gasteiger partial charge in [-0.3, -0.25) is 0 Å². The highest BCUT2D eigenvalue weighted by atomic mass is 16.4. The maximum atomic E-state index is 9.88. The number of hydrogen-bond donors (Lipinski definition) is 1. The van der Waals surface area contributed by atoms with Crippen molar-refractivity contribution in [2.24, 2.45) is 0 Å². The Morgan fingerprint density at radius 3 is 2.22 bits per heavy atom. The van der Waals surface area contributed by atoms with Gasteiger partial charge in [-0.05, 0) is 0 Å². The molecule has 4 nitrogen and oxygen atoms in total. The molecule has 0 aliphatic carbocycles. The van der Waals surface area contributed by atoms with Crippen molar-refractivity contribution in [3.63, 3.8) is 0 Å². The number of nitrogens with zero attached hydrogens (tertiary/aromatic N) is 2. The number of carbonyl (C=O) groups is 1. The number of carboxylic acid groups (broad SMARTS) is 1. The smallest absolute Gasteiger partial charge is 0.347 e. The lowest BCUT2D eigenvalue weighted by Crippen LogP contribution is -1.96. The third-order valence-corrected chi connectivity index (χ3v) is 0.560. The van der Waals surface area contributed by atoms with Crippen LogP contribution in [-0.4, -0.2) is 11.1 Å². The molecule has 0 bridgehead atoms. The zero-order valence-corrected chi connectivity index (χ0v) is 4.33. The molecule has 0 aliphatic heterocycles. The summed E-state index contributed by atoms with van der Waals surface area (Å²) in [4.78, 5) is 9.88. The van der Waals surface area contributed by atoms with Crippen LogP contribution in [0.3, 0.4) is 0 Å². The van der Waals surface area contributed by atoms with Crippen LogP contribution in [0.1, 0.15) is 0 Å². The van der Waals surface area contributed by atoms with Crippen LogP contribution in [0.25, 0.3) is 0 Å². The third kappa shape index (κ3) is 2.10. The molecular weight excluding hydrogens is 120 g/mol. The fourth-order valence-corrected chi connectivity index (χ4v) is 0.206. The summed E-state index contributed by atoms with van der Waals surface area (Å²) in [5.74, 6) is -1.38. The molecule has 0 rings (SSSR count). The van der Waals surface area contributed by atoms with Gasteiger partial charge in [0.05, 0.1) is 6.07 Å². The summed E-state index contributed by atoms with van der Waals surface area (Å²) in [6, 6.07) is 2.78. The van der Waals surface area contributed by atoms with E-state index in [2.05, 4.69) is 0 Å². The van der Waals surface area contributed by atoms with Crippen LogP contribution in [0.5, 0.6) is 0 Å². The van der Waals surface area contributed by atoms with Crippen molar-refractivity contribution in [3.8, 4) is 12.1 Å². The molecule has 1 N–H and O–H groups in total. The van der Waals surface area contributed by atoms with Gasteiger partial charge in [-0.15, -0.1) is 0 Å². The number of carboxylic acids is 1. The maximum absolute atomic E-state index is 9.88. The van der Waals surface area contributed by atoms with Crippen LogP contribution in [0.2, 0.25) is 0 Å². The van der Waals surface area contributed by atoms with Crippen molar-refractivity contribution < 1.29 is 9.90 Å². The Morgan fingerprint density at radius 1 is 1.56 bits per heavy atom. The van der Waals surface area contributed by atoms with Gasteiger partial charge in [0.1, 0.15) is 11.6 Å². The van der Waals surface area contributed by atoms with E-state index in [1.54, 1.807) is 0 Å². The Morgan fingerprint density at radius 2 is 2.11 bits per heavy atom. The average molecular weight is 122 g/mol. The average Bonchev–Trinajstić information content (AvgIpc) is 1.82. The molecule has 0 saturated heterocycles. The molecule has 4 heteroatoms. The number of nitriles is 2. The van der Waals surface area contributed by atoms with Gasteiger partial charge in [-0.2, -0.15) is 10.5 Å². The van der Waals surface area contributed by atoms with Gasteiger partial charge in [0.2, 0.25) is 0 Å². The highest BCUT2D eigenvalue weighted by molar-refractivity contribution is 5.91. The van der Waals surface area contributed by atoms with E-state index >= 15 is 0 Å². The van der Waals surface area contributed by atoms with Crippen LogP contribution in [0, 0.1) is 22.7 Å². The monoisotopic (exact) mass is 122 g/mol. The van der Waals surface area contributed by atoms with Gasteiger partial charge in [-0.25, -0.2) is 4.79 Å². The second kappa shape index (κ2) is 3.23. The van der Waals surface area contributed by atoms with Crippen LogP contribution >= 0.6 is 0 Å². The van der Waals surface area contributed by atoms with E-state index in [4.69, 9.17) is 15.6 Å². The van der Waals surface area contributed by atoms with E-state index in [1.165, 1.54) is 12.1 Å². The standard InChI is InChI=1S/C5H2N2O2/c6-2-1-4(3-7)5(8)9/h1H,(H,8,9). The molecule has 0 fully saturated rings. The molecule has 0 spiro atoms. The summed E-state index contributed by atoms with van der Waals surface area (Å²) in [6.07, 6.45) is 0.683. The lowest BCUT2D eigenvalue weighted by atomic mass is 10.3. The van der Waals surface area contributed by atoms with Gasteiger partial charge in [-0.1, -0.05) is 0 Å². The van der Waals surface area contributed by atoms with E-state index in [-0.39, 0.29) is 0 Å². The molecule has 0 atom stereocenters. The van der Waals surface area contributed by atoms with Gasteiger partial charge in [0.15, 0.2) is 0 Å². The highest BCUT2D eigenvalue weighted by Gasteiger charge is 2.02. The lowest BCUT2D eigenvalue weighted by Gasteiger charge is -1.79. The topological polar surface area (TPSA) is 84.9 Å². The SMILES string of the molecule is N#CC=C(C#N)C(=O)O. The Hall–Kier alpha value is -1.81. The van der Waals surface area contributed by atoms with Crippen molar-refractivity contribution in [1.29, 1.82) is 10.5 Å². The van der Waals surface area contributed by atoms with E-state index in [0.717, 1.165) is 0 Å². The molecule has 0 unspecified atom stereocenters. The first-order valence-electron chi connectivity index (χ1n) is 1.95. The lowest BCUT2D eigenvalue weighted by molar-refractivity contribution is -0.132. The van der Waals surface area contributed by atoms with Gasteiger partial charge >= 0.3 is 5.97 Å². The zero-order chi connectivity index (χ0) is 7.28. The van der Waals surface area contributed by atoms with Gasteiger partial charge < -0.3 is 5.11 Å². The zero-order valence-electron chi connectivity index (χ0n) is 4.33. The summed E-state index contributed by atoms with van der Waals surface area (Å²) in [6.45, 7) is 0. The predicted molar refractivity (Wildman–Crippen MR) is 26.9 cm³/mol. The molecule has 0 heterocycles. The highest BCUT2D eigenvalue weighted by Crippen LogP contribution is 1.88. The minimum Gasteiger partial charge on any atom is -0.477 e. The Bertz CT molecular complexity index is 228. The van der Waals surface area contributed by atoms with Crippen molar-refractivity contribution in [2.45, 2.75) is 0 Å². The fraction of sp³-hybridized carbons (Fsp3) is 0. The number of aliphatic carboxylic acids is 1. The van der Waals surface area contributed by atoms with Gasteiger partial charge in [0, 0.05) is 6.08 Å². The van der Waals surface area contributed by atoms with Crippen molar-refractivity contribution in [2.75, 3.05) is 0 Å². The molecule has 0 saturated carbocycles. The summed E-state index contributed by atoms with van der Waals surface area (Å²) in [5.41, 5.74) is -0.544. The molecule has 0 aliphatic rings. The molecule has 0 aromatic carbocycles. The Kier molecular flexibility index (Phi) is 2.58. The Labute approximate surface area is 51.3 Å². The second-order valence-electron chi connectivity index (χ2n) is 1.10. The first-order valence-corrected chi connectivity index (χ1v) is 1.95. The van der Waals surface area contributed by atoms with Gasteiger partial charge in [0.25, 0.3) is 0 Å². The van der Waals surface area contributed by atoms with Crippen LogP contribution < -0.4 is 0 Å². The van der Waals surface area contributed by atoms with E-state index in [1.807, 2.05) is 0 Å². The van der Waals surface area contributed by atoms with Crippen molar-refractivity contribution in [3.05, 3.63) is 11.6 Å². The minimum atomic E-state index is -1.38. The number of hydrogen-bond acceptors (Lipinski definition) is 3. The maximum Gasteiger partial charge on any atom is 0.347 e. The molecule has 44 valence electrons. The van der Waals surface area contributed by atoms with Crippen LogP contribution in [-0.2, 0) is 4.79 Å². The summed E-state index contributed by atoms with van der Waals surface area (Å²) in [5, 5.41) is 23.9. The molecule has 0 aromatic heterocycles. The predicted octanol–water partition coefficient (Wildman–Crippen LogP) is 0.0446. The van der Waals surface area contributed by atoms with Crippen LogP contribution in [0.15, 0.2) is 11.6 Å². The second-order valence-corrected chi connectivity index (χ2v) is 1.10. The fourth-order valence-electron chi connectivity index (χ4n) is 0.206. The molecule has 0 aromatic rings. The molecule has 0 amide bonds. The number of rotatable bonds is 1. The summed E-state index contributed by atoms with van der Waals surface area (Å²) >= 11 is 0.